The second-order valence-electron chi connectivity index (χ2n) is 9.30. The van der Waals surface area contributed by atoms with E-state index in [-0.39, 0.29) is 5.82 Å². The fourth-order valence-electron chi connectivity index (χ4n) is 5.08. The lowest BCUT2D eigenvalue weighted by Crippen LogP contribution is -2.13. The summed E-state index contributed by atoms with van der Waals surface area (Å²) >= 11 is 0. The zero-order valence-electron chi connectivity index (χ0n) is 18.8. The third kappa shape index (κ3) is 5.66. The van der Waals surface area contributed by atoms with Crippen molar-refractivity contribution in [3.63, 3.8) is 0 Å². The van der Waals surface area contributed by atoms with Gasteiger partial charge in [0.2, 0.25) is 0 Å². The van der Waals surface area contributed by atoms with E-state index in [1.165, 1.54) is 49.8 Å². The fourth-order valence-corrected chi connectivity index (χ4v) is 5.08. The molecule has 0 bridgehead atoms. The molecule has 0 radical (unpaired) electrons. The number of halogens is 4. The van der Waals surface area contributed by atoms with Gasteiger partial charge in [-0.05, 0) is 97.4 Å². The summed E-state index contributed by atoms with van der Waals surface area (Å²) in [5, 5.41) is 1.53. The molecular formula is C29H30F4. The summed E-state index contributed by atoms with van der Waals surface area (Å²) < 4.78 is 53.4. The molecule has 33 heavy (non-hydrogen) atoms. The Morgan fingerprint density at radius 3 is 2.27 bits per heavy atom. The first-order valence-electron chi connectivity index (χ1n) is 11.8. The van der Waals surface area contributed by atoms with E-state index in [0.29, 0.717) is 29.7 Å². The Labute approximate surface area is 193 Å². The summed E-state index contributed by atoms with van der Waals surface area (Å²) in [7, 11) is 0. The number of allylic oxidation sites excluding steroid dienone is 1. The molecular weight excluding hydrogens is 424 g/mol. The molecule has 0 saturated heterocycles. The van der Waals surface area contributed by atoms with Crippen LogP contribution in [0.3, 0.4) is 0 Å². The molecule has 4 rings (SSSR count). The van der Waals surface area contributed by atoms with Gasteiger partial charge >= 0.3 is 6.18 Å². The number of hydrogen-bond acceptors (Lipinski definition) is 0. The van der Waals surface area contributed by atoms with E-state index >= 15 is 4.39 Å². The maximum absolute atomic E-state index is 15.2. The second-order valence-corrected chi connectivity index (χ2v) is 9.30. The standard InChI is InChI=1S/C29H30F4/c1-2-3-4-20-5-10-22(11-6-20)24-15-18-27-25(19-24)14-13-23(28(27)30)12-7-21-8-16-26(17-9-21)29(31,32)33/h2,8-9,13-20,22H,1,3-7,10-12H2. The van der Waals surface area contributed by atoms with Crippen molar-refractivity contribution >= 4 is 10.8 Å². The Balaban J connectivity index is 1.42. The SMILES string of the molecule is C=CCCC1CCC(c2ccc3c(F)c(CCc4ccc(C(F)(F)F)cc4)ccc3c2)CC1. The van der Waals surface area contributed by atoms with Crippen molar-refractivity contribution in [2.24, 2.45) is 5.92 Å². The highest BCUT2D eigenvalue weighted by atomic mass is 19.4. The van der Waals surface area contributed by atoms with Crippen molar-refractivity contribution in [2.45, 2.75) is 63.5 Å². The number of rotatable bonds is 7. The predicted octanol–water partition coefficient (Wildman–Crippen LogP) is 9.02. The van der Waals surface area contributed by atoms with Crippen molar-refractivity contribution in [3.05, 3.63) is 95.3 Å². The first-order chi connectivity index (χ1) is 15.8. The molecule has 0 atom stereocenters. The summed E-state index contributed by atoms with van der Waals surface area (Å²) in [4.78, 5) is 0. The molecule has 0 spiro atoms. The van der Waals surface area contributed by atoms with Crippen LogP contribution in [0.25, 0.3) is 10.8 Å². The van der Waals surface area contributed by atoms with Gasteiger partial charge in [0, 0.05) is 5.39 Å². The van der Waals surface area contributed by atoms with E-state index in [1.807, 2.05) is 24.3 Å². The zero-order chi connectivity index (χ0) is 23.4. The molecule has 0 heterocycles. The molecule has 0 aliphatic heterocycles. The first kappa shape index (κ1) is 23.5. The van der Waals surface area contributed by atoms with Gasteiger partial charge in [0.15, 0.2) is 0 Å². The van der Waals surface area contributed by atoms with Crippen molar-refractivity contribution in [2.75, 3.05) is 0 Å². The van der Waals surface area contributed by atoms with E-state index < -0.39 is 11.7 Å². The summed E-state index contributed by atoms with van der Waals surface area (Å²) in [5.41, 5.74) is 1.99. The Kier molecular flexibility index (Phi) is 7.21. The molecule has 0 nitrogen and oxygen atoms in total. The van der Waals surface area contributed by atoms with Crippen LogP contribution in [0.2, 0.25) is 0 Å². The third-order valence-electron chi connectivity index (χ3n) is 7.12. The Morgan fingerprint density at radius 1 is 0.879 bits per heavy atom. The van der Waals surface area contributed by atoms with Crippen molar-refractivity contribution in [1.29, 1.82) is 0 Å². The van der Waals surface area contributed by atoms with Gasteiger partial charge in [0.25, 0.3) is 0 Å². The van der Waals surface area contributed by atoms with Gasteiger partial charge < -0.3 is 0 Å². The van der Waals surface area contributed by atoms with Gasteiger partial charge in [-0.25, -0.2) is 4.39 Å². The maximum Gasteiger partial charge on any atom is 0.416 e. The number of fused-ring (bicyclic) bond motifs is 1. The normalized spacial score (nSPS) is 19.0. The smallest absolute Gasteiger partial charge is 0.206 e. The highest BCUT2D eigenvalue weighted by Gasteiger charge is 2.30. The molecule has 1 aliphatic carbocycles. The molecule has 4 heteroatoms. The predicted molar refractivity (Wildman–Crippen MR) is 127 cm³/mol. The van der Waals surface area contributed by atoms with Gasteiger partial charge in [-0.2, -0.15) is 13.2 Å². The molecule has 3 aromatic rings. The molecule has 0 N–H and O–H groups in total. The molecule has 174 valence electrons. The summed E-state index contributed by atoms with van der Waals surface area (Å²) in [6.07, 6.45) is 5.77. The van der Waals surface area contributed by atoms with Gasteiger partial charge in [0.1, 0.15) is 5.82 Å². The Morgan fingerprint density at radius 2 is 1.61 bits per heavy atom. The van der Waals surface area contributed by atoms with Crippen LogP contribution < -0.4 is 0 Å². The van der Waals surface area contributed by atoms with Crippen LogP contribution in [0.15, 0.2) is 67.3 Å². The van der Waals surface area contributed by atoms with Crippen LogP contribution in [0.1, 0.15) is 66.7 Å². The van der Waals surface area contributed by atoms with Crippen molar-refractivity contribution in [1.82, 2.24) is 0 Å². The average molecular weight is 455 g/mol. The maximum atomic E-state index is 15.2. The number of benzene rings is 3. The van der Waals surface area contributed by atoms with Crippen molar-refractivity contribution in [3.8, 4) is 0 Å². The first-order valence-corrected chi connectivity index (χ1v) is 11.8. The van der Waals surface area contributed by atoms with E-state index in [0.717, 1.165) is 35.4 Å². The lowest BCUT2D eigenvalue weighted by molar-refractivity contribution is -0.137. The molecule has 1 fully saturated rings. The fraction of sp³-hybridized carbons (Fsp3) is 0.379. The molecule has 0 aromatic heterocycles. The van der Waals surface area contributed by atoms with Crippen LogP contribution in [-0.2, 0) is 19.0 Å². The zero-order valence-corrected chi connectivity index (χ0v) is 18.8. The number of aryl methyl sites for hydroxylation is 2. The van der Waals surface area contributed by atoms with E-state index in [4.69, 9.17) is 0 Å². The van der Waals surface area contributed by atoms with Gasteiger partial charge in [-0.3, -0.25) is 0 Å². The van der Waals surface area contributed by atoms with Gasteiger partial charge in [-0.15, -0.1) is 6.58 Å². The molecule has 1 saturated carbocycles. The van der Waals surface area contributed by atoms with Gasteiger partial charge in [0.05, 0.1) is 5.56 Å². The summed E-state index contributed by atoms with van der Waals surface area (Å²) in [6, 6.07) is 15.0. The Bertz CT molecular complexity index is 1090. The van der Waals surface area contributed by atoms with Crippen molar-refractivity contribution < 1.29 is 17.6 Å². The second kappa shape index (κ2) is 10.1. The van der Waals surface area contributed by atoms with Gasteiger partial charge in [-0.1, -0.05) is 48.5 Å². The molecule has 0 unspecified atom stereocenters. The topological polar surface area (TPSA) is 0 Å². The average Bonchev–Trinajstić information content (AvgIpc) is 2.82. The van der Waals surface area contributed by atoms with E-state index in [2.05, 4.69) is 18.7 Å². The minimum Gasteiger partial charge on any atom is -0.206 e. The van der Waals surface area contributed by atoms with Crippen LogP contribution in [0.4, 0.5) is 17.6 Å². The number of hydrogen-bond donors (Lipinski definition) is 0. The molecule has 0 amide bonds. The third-order valence-corrected chi connectivity index (χ3v) is 7.12. The largest absolute Gasteiger partial charge is 0.416 e. The summed E-state index contributed by atoms with van der Waals surface area (Å²) in [5.74, 6) is 1.11. The number of alkyl halides is 3. The lowest BCUT2D eigenvalue weighted by Gasteiger charge is -2.28. The van der Waals surface area contributed by atoms with E-state index in [9.17, 15) is 13.2 Å². The quantitative estimate of drug-likeness (QED) is 0.247. The van der Waals surface area contributed by atoms with Crippen LogP contribution in [-0.4, -0.2) is 0 Å². The molecule has 3 aromatic carbocycles. The summed E-state index contributed by atoms with van der Waals surface area (Å²) in [6.45, 7) is 3.82. The van der Waals surface area contributed by atoms with Crippen LogP contribution >= 0.6 is 0 Å². The lowest BCUT2D eigenvalue weighted by atomic mass is 9.77. The molecule has 1 aliphatic rings. The minimum absolute atomic E-state index is 0.223. The minimum atomic E-state index is -4.34. The highest BCUT2D eigenvalue weighted by Crippen LogP contribution is 2.38. The Hall–Kier alpha value is -2.62. The highest BCUT2D eigenvalue weighted by molar-refractivity contribution is 5.84. The van der Waals surface area contributed by atoms with E-state index in [1.54, 1.807) is 0 Å². The monoisotopic (exact) mass is 454 g/mol. The van der Waals surface area contributed by atoms with Crippen LogP contribution in [0, 0.1) is 11.7 Å². The van der Waals surface area contributed by atoms with Crippen LogP contribution in [0.5, 0.6) is 0 Å².